The predicted octanol–water partition coefficient (Wildman–Crippen LogP) is 1.11. The Morgan fingerprint density at radius 2 is 2.10 bits per heavy atom. The zero-order valence-electron chi connectivity index (χ0n) is 10.7. The number of thiophene rings is 1. The Labute approximate surface area is 119 Å². The Bertz CT molecular complexity index is 496. The van der Waals surface area contributed by atoms with E-state index in [0.717, 1.165) is 11.3 Å². The molecule has 2 heterocycles. The van der Waals surface area contributed by atoms with Gasteiger partial charge in [0.1, 0.15) is 5.00 Å². The highest BCUT2D eigenvalue weighted by Gasteiger charge is 2.30. The molecule has 0 radical (unpaired) electrons. The molecule has 0 saturated carbocycles. The normalized spacial score (nSPS) is 17.4. The van der Waals surface area contributed by atoms with E-state index in [2.05, 4.69) is 10.6 Å². The lowest BCUT2D eigenvalue weighted by Crippen LogP contribution is -2.47. The average Bonchev–Trinajstić information content (AvgIpc) is 2.86. The van der Waals surface area contributed by atoms with E-state index in [0.29, 0.717) is 26.1 Å². The number of aliphatic hydroxyl groups is 1. The summed E-state index contributed by atoms with van der Waals surface area (Å²) in [6.45, 7) is 1.04. The third-order valence-electron chi connectivity index (χ3n) is 3.12. The monoisotopic (exact) mass is 300 g/mol. The van der Waals surface area contributed by atoms with Crippen molar-refractivity contribution in [3.05, 3.63) is 17.0 Å². The van der Waals surface area contributed by atoms with Crippen molar-refractivity contribution in [1.82, 2.24) is 5.32 Å². The average molecular weight is 300 g/mol. The molecular weight excluding hydrogens is 284 g/mol. The zero-order chi connectivity index (χ0) is 14.6. The van der Waals surface area contributed by atoms with E-state index in [-0.39, 0.29) is 17.1 Å². The van der Waals surface area contributed by atoms with E-state index in [1.54, 1.807) is 5.38 Å². The minimum atomic E-state index is -1.09. The second-order valence-electron chi connectivity index (χ2n) is 4.61. The summed E-state index contributed by atoms with van der Waals surface area (Å²) < 4.78 is 5.15. The first-order chi connectivity index (χ1) is 9.50. The first-order valence-electron chi connectivity index (χ1n) is 6.16. The molecule has 20 heavy (non-hydrogen) atoms. The number of rotatable bonds is 4. The standard InChI is InChI=1S/C12H16N2O5S/c15-10(16)8-1-6-20-9(8)14-11(17)13-7-12(18)2-4-19-5-3-12/h1,6,18H,2-5,7H2,(H,15,16)(H2,13,14,17). The van der Waals surface area contributed by atoms with E-state index < -0.39 is 17.6 Å². The van der Waals surface area contributed by atoms with Gasteiger partial charge in [0, 0.05) is 32.6 Å². The molecule has 7 nitrogen and oxygen atoms in total. The van der Waals surface area contributed by atoms with Crippen LogP contribution in [0.15, 0.2) is 11.4 Å². The number of anilines is 1. The van der Waals surface area contributed by atoms with Crippen LogP contribution >= 0.6 is 11.3 Å². The van der Waals surface area contributed by atoms with Crippen molar-refractivity contribution in [1.29, 1.82) is 0 Å². The minimum absolute atomic E-state index is 0.0509. The molecule has 1 aromatic heterocycles. The van der Waals surface area contributed by atoms with Gasteiger partial charge in [-0.15, -0.1) is 11.3 Å². The van der Waals surface area contributed by atoms with Gasteiger partial charge in [-0.3, -0.25) is 5.32 Å². The Kier molecular flexibility index (Phi) is 4.58. The first kappa shape index (κ1) is 14.8. The highest BCUT2D eigenvalue weighted by Crippen LogP contribution is 2.23. The number of urea groups is 1. The van der Waals surface area contributed by atoms with Gasteiger partial charge in [0.2, 0.25) is 0 Å². The fraction of sp³-hybridized carbons (Fsp3) is 0.500. The van der Waals surface area contributed by atoms with Gasteiger partial charge in [-0.2, -0.15) is 0 Å². The summed E-state index contributed by atoms with van der Waals surface area (Å²) in [5, 5.41) is 26.0. The maximum atomic E-state index is 11.7. The zero-order valence-corrected chi connectivity index (χ0v) is 11.5. The van der Waals surface area contributed by atoms with Crippen LogP contribution in [0.1, 0.15) is 23.2 Å². The largest absolute Gasteiger partial charge is 0.478 e. The van der Waals surface area contributed by atoms with Crippen LogP contribution in [0.4, 0.5) is 9.80 Å². The van der Waals surface area contributed by atoms with Crippen molar-refractivity contribution in [2.75, 3.05) is 25.1 Å². The van der Waals surface area contributed by atoms with Crippen molar-refractivity contribution in [3.8, 4) is 0 Å². The second kappa shape index (κ2) is 6.21. The number of hydrogen-bond acceptors (Lipinski definition) is 5. The van der Waals surface area contributed by atoms with E-state index in [4.69, 9.17) is 9.84 Å². The molecule has 0 bridgehead atoms. The molecule has 4 N–H and O–H groups in total. The molecule has 0 atom stereocenters. The van der Waals surface area contributed by atoms with Gasteiger partial charge in [0.25, 0.3) is 0 Å². The van der Waals surface area contributed by atoms with Crippen LogP contribution in [-0.4, -0.2) is 47.6 Å². The number of nitrogens with one attached hydrogen (secondary N) is 2. The number of carboxylic acid groups (broad SMARTS) is 1. The number of carbonyl (C=O) groups is 2. The fourth-order valence-electron chi connectivity index (χ4n) is 1.89. The summed E-state index contributed by atoms with van der Waals surface area (Å²) in [4.78, 5) is 22.6. The summed E-state index contributed by atoms with van der Waals surface area (Å²) in [7, 11) is 0. The summed E-state index contributed by atoms with van der Waals surface area (Å²) in [6.07, 6.45) is 0.930. The van der Waals surface area contributed by atoms with Crippen molar-refractivity contribution in [2.24, 2.45) is 0 Å². The highest BCUT2D eigenvalue weighted by atomic mass is 32.1. The minimum Gasteiger partial charge on any atom is -0.478 e. The van der Waals surface area contributed by atoms with Crippen LogP contribution in [0.2, 0.25) is 0 Å². The number of carboxylic acids is 1. The van der Waals surface area contributed by atoms with E-state index >= 15 is 0 Å². The summed E-state index contributed by atoms with van der Waals surface area (Å²) in [5.41, 5.74) is -0.907. The Balaban J connectivity index is 1.86. The van der Waals surface area contributed by atoms with Crippen molar-refractivity contribution in [3.63, 3.8) is 0 Å². The molecule has 1 aliphatic heterocycles. The predicted molar refractivity (Wildman–Crippen MR) is 73.3 cm³/mol. The van der Waals surface area contributed by atoms with Gasteiger partial charge < -0.3 is 20.3 Å². The maximum absolute atomic E-state index is 11.7. The highest BCUT2D eigenvalue weighted by molar-refractivity contribution is 7.14. The van der Waals surface area contributed by atoms with Crippen LogP contribution in [0.3, 0.4) is 0 Å². The molecule has 0 aliphatic carbocycles. The Morgan fingerprint density at radius 3 is 2.75 bits per heavy atom. The van der Waals surface area contributed by atoms with E-state index in [1.807, 2.05) is 0 Å². The molecule has 1 aliphatic rings. The van der Waals surface area contributed by atoms with E-state index in [9.17, 15) is 14.7 Å². The van der Waals surface area contributed by atoms with Gasteiger partial charge >= 0.3 is 12.0 Å². The topological polar surface area (TPSA) is 108 Å². The molecule has 1 aromatic rings. The third kappa shape index (κ3) is 3.69. The molecule has 110 valence electrons. The molecule has 0 spiro atoms. The van der Waals surface area contributed by atoms with Crippen LogP contribution < -0.4 is 10.6 Å². The number of aromatic carboxylic acids is 1. The van der Waals surface area contributed by atoms with Crippen LogP contribution in [-0.2, 0) is 4.74 Å². The van der Waals surface area contributed by atoms with Gasteiger partial charge in [-0.1, -0.05) is 0 Å². The molecule has 2 rings (SSSR count). The lowest BCUT2D eigenvalue weighted by Gasteiger charge is -2.31. The summed E-state index contributed by atoms with van der Waals surface area (Å²) in [6, 6.07) is 0.893. The lowest BCUT2D eigenvalue weighted by molar-refractivity contribution is -0.0598. The third-order valence-corrected chi connectivity index (χ3v) is 3.95. The number of carbonyl (C=O) groups excluding carboxylic acids is 1. The van der Waals surface area contributed by atoms with Crippen LogP contribution in [0.5, 0.6) is 0 Å². The van der Waals surface area contributed by atoms with Crippen LogP contribution in [0.25, 0.3) is 0 Å². The second-order valence-corrected chi connectivity index (χ2v) is 5.53. The molecule has 8 heteroatoms. The smallest absolute Gasteiger partial charge is 0.338 e. The molecule has 0 unspecified atom stereocenters. The Hall–Kier alpha value is -1.64. The SMILES string of the molecule is O=C(NCC1(O)CCOCC1)Nc1sccc1C(=O)O. The van der Waals surface area contributed by atoms with Gasteiger partial charge in [0.15, 0.2) is 0 Å². The fourth-order valence-corrected chi connectivity index (χ4v) is 2.67. The quantitative estimate of drug-likeness (QED) is 0.666. The summed E-state index contributed by atoms with van der Waals surface area (Å²) >= 11 is 1.13. The lowest BCUT2D eigenvalue weighted by atomic mass is 9.94. The van der Waals surface area contributed by atoms with Gasteiger partial charge in [-0.25, -0.2) is 9.59 Å². The number of hydrogen-bond donors (Lipinski definition) is 4. The first-order valence-corrected chi connectivity index (χ1v) is 7.04. The molecular formula is C12H16N2O5S. The molecule has 2 amide bonds. The van der Waals surface area contributed by atoms with Crippen LogP contribution in [0, 0.1) is 0 Å². The van der Waals surface area contributed by atoms with Gasteiger partial charge in [-0.05, 0) is 11.4 Å². The maximum Gasteiger partial charge on any atom is 0.338 e. The number of ether oxygens (including phenoxy) is 1. The van der Waals surface area contributed by atoms with Crippen molar-refractivity contribution >= 4 is 28.3 Å². The number of amides is 2. The van der Waals surface area contributed by atoms with Gasteiger partial charge in [0.05, 0.1) is 11.2 Å². The van der Waals surface area contributed by atoms with Crippen molar-refractivity contribution < 1.29 is 24.5 Å². The van der Waals surface area contributed by atoms with Crippen molar-refractivity contribution in [2.45, 2.75) is 18.4 Å². The van der Waals surface area contributed by atoms with E-state index in [1.165, 1.54) is 6.07 Å². The molecule has 1 saturated heterocycles. The molecule has 1 fully saturated rings. The molecule has 0 aromatic carbocycles. The summed E-state index contributed by atoms with van der Waals surface area (Å²) in [5.74, 6) is -1.09. The Morgan fingerprint density at radius 1 is 1.40 bits per heavy atom.